The van der Waals surface area contributed by atoms with Gasteiger partial charge in [-0.2, -0.15) is 0 Å². The van der Waals surface area contributed by atoms with Gasteiger partial charge in [-0.1, -0.05) is 0 Å². The lowest BCUT2D eigenvalue weighted by Crippen LogP contribution is -2.47. The van der Waals surface area contributed by atoms with Crippen LogP contribution < -0.4 is 5.32 Å². The van der Waals surface area contributed by atoms with Crippen LogP contribution in [0.25, 0.3) is 0 Å². The first-order valence-corrected chi connectivity index (χ1v) is 5.54. The van der Waals surface area contributed by atoms with Gasteiger partial charge in [0.05, 0.1) is 0 Å². The van der Waals surface area contributed by atoms with E-state index in [1.807, 2.05) is 24.2 Å². The molecular weight excluding hydrogens is 212 g/mol. The molecular formula is C11H17F2N3. The number of hydrogen-bond donors (Lipinski definition) is 1. The van der Waals surface area contributed by atoms with Gasteiger partial charge >= 0.3 is 0 Å². The average molecular weight is 229 g/mol. The van der Waals surface area contributed by atoms with Crippen LogP contribution in [0, 0.1) is 0 Å². The SMILES string of the molecule is Cn1cccc1[C@H](C(F)F)N1CCNCC1. The molecule has 1 saturated heterocycles. The number of piperazine rings is 1. The van der Waals surface area contributed by atoms with E-state index in [9.17, 15) is 8.78 Å². The highest BCUT2D eigenvalue weighted by Gasteiger charge is 2.31. The largest absolute Gasteiger partial charge is 0.353 e. The fourth-order valence-electron chi connectivity index (χ4n) is 2.22. The highest BCUT2D eigenvalue weighted by atomic mass is 19.3. The summed E-state index contributed by atoms with van der Waals surface area (Å²) in [7, 11) is 1.81. The maximum Gasteiger partial charge on any atom is 0.259 e. The maximum absolute atomic E-state index is 13.2. The molecule has 0 unspecified atom stereocenters. The summed E-state index contributed by atoms with van der Waals surface area (Å²) in [5.41, 5.74) is 0.692. The summed E-state index contributed by atoms with van der Waals surface area (Å²) in [6, 6.07) is 2.81. The molecule has 0 aliphatic carbocycles. The first-order chi connectivity index (χ1) is 7.70. The molecule has 1 aromatic heterocycles. The lowest BCUT2D eigenvalue weighted by atomic mass is 10.1. The van der Waals surface area contributed by atoms with Crippen molar-refractivity contribution in [3.05, 3.63) is 24.0 Å². The van der Waals surface area contributed by atoms with Gasteiger partial charge in [0.1, 0.15) is 6.04 Å². The lowest BCUT2D eigenvalue weighted by molar-refractivity contribution is 0.0147. The summed E-state index contributed by atoms with van der Waals surface area (Å²) in [4.78, 5) is 1.86. The van der Waals surface area contributed by atoms with Crippen LogP contribution in [-0.2, 0) is 7.05 Å². The third kappa shape index (κ3) is 2.25. The molecule has 0 amide bonds. The minimum atomic E-state index is -2.34. The predicted octanol–water partition coefficient (Wildman–Crippen LogP) is 1.24. The van der Waals surface area contributed by atoms with Gasteiger partial charge in [0, 0.05) is 45.1 Å². The van der Waals surface area contributed by atoms with Crippen LogP contribution in [-0.4, -0.2) is 42.1 Å². The molecule has 0 radical (unpaired) electrons. The molecule has 2 rings (SSSR count). The number of hydrogen-bond acceptors (Lipinski definition) is 2. The van der Waals surface area contributed by atoms with Gasteiger partial charge in [-0.25, -0.2) is 8.78 Å². The number of rotatable bonds is 3. The van der Waals surface area contributed by atoms with E-state index >= 15 is 0 Å². The summed E-state index contributed by atoms with van der Waals surface area (Å²) in [5.74, 6) is 0. The van der Waals surface area contributed by atoms with Crippen LogP contribution in [0.4, 0.5) is 8.78 Å². The molecule has 2 heterocycles. The molecule has 1 atom stereocenters. The van der Waals surface area contributed by atoms with Crippen molar-refractivity contribution in [1.82, 2.24) is 14.8 Å². The first-order valence-electron chi connectivity index (χ1n) is 5.54. The maximum atomic E-state index is 13.2. The minimum Gasteiger partial charge on any atom is -0.353 e. The second-order valence-electron chi connectivity index (χ2n) is 4.11. The van der Waals surface area contributed by atoms with E-state index in [0.29, 0.717) is 18.8 Å². The Balaban J connectivity index is 2.19. The van der Waals surface area contributed by atoms with E-state index in [-0.39, 0.29) is 0 Å². The molecule has 1 N–H and O–H groups in total. The van der Waals surface area contributed by atoms with Gasteiger partial charge in [-0.05, 0) is 12.1 Å². The van der Waals surface area contributed by atoms with Crippen molar-refractivity contribution in [2.24, 2.45) is 7.05 Å². The Kier molecular flexibility index (Phi) is 3.56. The number of aryl methyl sites for hydroxylation is 1. The van der Waals surface area contributed by atoms with Crippen LogP contribution in [0.3, 0.4) is 0 Å². The van der Waals surface area contributed by atoms with Crippen molar-refractivity contribution >= 4 is 0 Å². The summed E-state index contributed by atoms with van der Waals surface area (Å²) in [6.45, 7) is 2.93. The molecule has 3 nitrogen and oxygen atoms in total. The van der Waals surface area contributed by atoms with Gasteiger partial charge in [-0.3, -0.25) is 4.90 Å². The Bertz CT molecular complexity index is 332. The Hall–Kier alpha value is -0.940. The van der Waals surface area contributed by atoms with Gasteiger partial charge in [-0.15, -0.1) is 0 Å². The predicted molar refractivity (Wildman–Crippen MR) is 58.6 cm³/mol. The van der Waals surface area contributed by atoms with Crippen molar-refractivity contribution in [3.8, 4) is 0 Å². The highest BCUT2D eigenvalue weighted by molar-refractivity contribution is 5.13. The van der Waals surface area contributed by atoms with Crippen molar-refractivity contribution in [2.75, 3.05) is 26.2 Å². The monoisotopic (exact) mass is 229 g/mol. The lowest BCUT2D eigenvalue weighted by Gasteiger charge is -2.34. The molecule has 1 aromatic rings. The zero-order valence-electron chi connectivity index (χ0n) is 9.37. The van der Waals surface area contributed by atoms with E-state index in [4.69, 9.17) is 0 Å². The second kappa shape index (κ2) is 4.93. The molecule has 16 heavy (non-hydrogen) atoms. The number of alkyl halides is 2. The topological polar surface area (TPSA) is 20.2 Å². The number of halogens is 2. The second-order valence-corrected chi connectivity index (χ2v) is 4.11. The zero-order valence-corrected chi connectivity index (χ0v) is 9.37. The highest BCUT2D eigenvalue weighted by Crippen LogP contribution is 2.27. The van der Waals surface area contributed by atoms with Crippen molar-refractivity contribution < 1.29 is 8.78 Å². The van der Waals surface area contributed by atoms with Gasteiger partial charge in [0.25, 0.3) is 6.43 Å². The number of nitrogens with zero attached hydrogens (tertiary/aromatic N) is 2. The summed E-state index contributed by atoms with van der Waals surface area (Å²) < 4.78 is 28.1. The smallest absolute Gasteiger partial charge is 0.259 e. The van der Waals surface area contributed by atoms with Crippen LogP contribution in [0.15, 0.2) is 18.3 Å². The third-order valence-corrected chi connectivity index (χ3v) is 3.07. The molecule has 0 spiro atoms. The molecule has 0 bridgehead atoms. The Morgan fingerprint density at radius 1 is 1.31 bits per heavy atom. The van der Waals surface area contributed by atoms with Crippen molar-refractivity contribution in [2.45, 2.75) is 12.5 Å². The molecule has 1 aliphatic rings. The fourth-order valence-corrected chi connectivity index (χ4v) is 2.22. The van der Waals surface area contributed by atoms with E-state index in [0.717, 1.165) is 13.1 Å². The summed E-state index contributed by atoms with van der Waals surface area (Å²) >= 11 is 0. The van der Waals surface area contributed by atoms with Crippen LogP contribution in [0.5, 0.6) is 0 Å². The van der Waals surface area contributed by atoms with E-state index < -0.39 is 12.5 Å². The Labute approximate surface area is 94.0 Å². The quantitative estimate of drug-likeness (QED) is 0.841. The standard InChI is InChI=1S/C11H17F2N3/c1-15-6-2-3-9(15)10(11(12)13)16-7-4-14-5-8-16/h2-3,6,10-11,14H,4-5,7-8H2,1H3/t10-/m1/s1. The van der Waals surface area contributed by atoms with Crippen LogP contribution >= 0.6 is 0 Å². The number of aromatic nitrogens is 1. The summed E-state index contributed by atoms with van der Waals surface area (Å²) in [5, 5.41) is 3.18. The molecule has 1 fully saturated rings. The molecule has 1 aliphatic heterocycles. The van der Waals surface area contributed by atoms with E-state index in [2.05, 4.69) is 5.32 Å². The van der Waals surface area contributed by atoms with Crippen LogP contribution in [0.2, 0.25) is 0 Å². The van der Waals surface area contributed by atoms with E-state index in [1.165, 1.54) is 0 Å². The molecule has 0 saturated carbocycles. The van der Waals surface area contributed by atoms with Crippen molar-refractivity contribution in [1.29, 1.82) is 0 Å². The van der Waals surface area contributed by atoms with Crippen LogP contribution in [0.1, 0.15) is 11.7 Å². The third-order valence-electron chi connectivity index (χ3n) is 3.07. The van der Waals surface area contributed by atoms with Gasteiger partial charge in [0.15, 0.2) is 0 Å². The Morgan fingerprint density at radius 3 is 2.50 bits per heavy atom. The minimum absolute atomic E-state index is 0.681. The normalized spacial score (nSPS) is 20.2. The fraction of sp³-hybridized carbons (Fsp3) is 0.636. The van der Waals surface area contributed by atoms with Crippen molar-refractivity contribution in [3.63, 3.8) is 0 Å². The Morgan fingerprint density at radius 2 is 2.00 bits per heavy atom. The molecule has 0 aromatic carbocycles. The first kappa shape index (κ1) is 11.5. The average Bonchev–Trinajstić information content (AvgIpc) is 2.66. The summed E-state index contributed by atoms with van der Waals surface area (Å²) in [6.07, 6.45) is -0.529. The zero-order chi connectivity index (χ0) is 11.5. The molecule has 90 valence electrons. The number of nitrogens with one attached hydrogen (secondary N) is 1. The molecule has 5 heteroatoms. The van der Waals surface area contributed by atoms with Gasteiger partial charge < -0.3 is 9.88 Å². The van der Waals surface area contributed by atoms with Gasteiger partial charge in [0.2, 0.25) is 0 Å². The van der Waals surface area contributed by atoms with E-state index in [1.54, 1.807) is 10.6 Å².